The van der Waals surface area contributed by atoms with Crippen LogP contribution >= 0.6 is 0 Å². The van der Waals surface area contributed by atoms with E-state index in [1.54, 1.807) is 6.08 Å². The van der Waals surface area contributed by atoms with Gasteiger partial charge in [0.15, 0.2) is 0 Å². The van der Waals surface area contributed by atoms with E-state index >= 15 is 0 Å². The quantitative estimate of drug-likeness (QED) is 0.170. The van der Waals surface area contributed by atoms with E-state index in [1.165, 1.54) is 0 Å². The van der Waals surface area contributed by atoms with Crippen molar-refractivity contribution in [3.05, 3.63) is 134 Å². The summed E-state index contributed by atoms with van der Waals surface area (Å²) in [6.45, 7) is 7.76. The Morgan fingerprint density at radius 2 is 1.15 bits per heavy atom. The molecular weight excluding hydrogens is 480 g/mol. The van der Waals surface area contributed by atoms with Crippen LogP contribution in [0, 0.1) is 0 Å². The summed E-state index contributed by atoms with van der Waals surface area (Å²) >= 11 is 0. The van der Waals surface area contributed by atoms with Gasteiger partial charge in [0.25, 0.3) is 0 Å². The van der Waals surface area contributed by atoms with E-state index in [0.717, 1.165) is 61.2 Å². The number of rotatable bonds is 7. The van der Waals surface area contributed by atoms with E-state index in [4.69, 9.17) is 5.11 Å². The van der Waals surface area contributed by atoms with Crippen LogP contribution in [0.5, 0.6) is 0 Å². The van der Waals surface area contributed by atoms with Gasteiger partial charge in [0.1, 0.15) is 6.17 Å². The summed E-state index contributed by atoms with van der Waals surface area (Å²) in [5.74, 6) is 0. The van der Waals surface area contributed by atoms with Crippen molar-refractivity contribution in [1.82, 2.24) is 0 Å². The topological polar surface area (TPSA) is 73.5 Å². The van der Waals surface area contributed by atoms with E-state index in [-0.39, 0.29) is 6.17 Å². The Balaban J connectivity index is 1.35. The second-order valence-corrected chi connectivity index (χ2v) is 9.07. The molecule has 0 radical (unpaired) electrons. The Morgan fingerprint density at radius 3 is 1.82 bits per heavy atom. The molecule has 6 rings (SSSR count). The monoisotopic (exact) mass is 506 g/mol. The molecule has 0 spiro atoms. The summed E-state index contributed by atoms with van der Waals surface area (Å²) in [5.41, 5.74) is 6.21. The van der Waals surface area contributed by atoms with Crippen molar-refractivity contribution in [3.8, 4) is 0 Å². The molecule has 1 aliphatic rings. The van der Waals surface area contributed by atoms with Crippen molar-refractivity contribution in [2.75, 3.05) is 10.6 Å². The average molecular weight is 507 g/mol. The summed E-state index contributed by atoms with van der Waals surface area (Å²) in [4.78, 5) is 0. The molecule has 0 saturated carbocycles. The van der Waals surface area contributed by atoms with E-state index in [2.05, 4.69) is 51.3 Å². The highest BCUT2D eigenvalue weighted by Gasteiger charge is 2.21. The van der Waals surface area contributed by atoms with Crippen LogP contribution in [0.15, 0.2) is 154 Å². The van der Waals surface area contributed by atoms with E-state index in [0.29, 0.717) is 0 Å². The molecule has 0 aromatic heterocycles. The van der Waals surface area contributed by atoms with Crippen molar-refractivity contribution >= 4 is 55.7 Å². The molecule has 1 atom stereocenters. The van der Waals surface area contributed by atoms with Crippen LogP contribution in [-0.2, 0) is 0 Å². The molecule has 6 heteroatoms. The van der Waals surface area contributed by atoms with Crippen molar-refractivity contribution in [1.29, 1.82) is 0 Å². The first-order valence-corrected chi connectivity index (χ1v) is 12.7. The zero-order chi connectivity index (χ0) is 26.6. The van der Waals surface area contributed by atoms with Crippen molar-refractivity contribution in [3.63, 3.8) is 0 Å². The number of hydrogen-bond donors (Lipinski definition) is 2. The van der Waals surface area contributed by atoms with Crippen LogP contribution in [0.25, 0.3) is 21.5 Å². The molecule has 188 valence electrons. The molecule has 1 aliphatic heterocycles. The summed E-state index contributed by atoms with van der Waals surface area (Å²) in [7, 11) is 0. The lowest BCUT2D eigenvalue weighted by molar-refractivity contribution is 0.963. The minimum atomic E-state index is -0.102. The SMILES string of the molecule is C=C/C=C(\C=C)C1Nc2cccc3c(N=Nc4ccc(N=Nc5ccccc5)c5ccccc45)ccc(c23)N1. The molecule has 0 bridgehead atoms. The maximum absolute atomic E-state index is 4.69. The van der Waals surface area contributed by atoms with Gasteiger partial charge in [0, 0.05) is 32.9 Å². The summed E-state index contributed by atoms with van der Waals surface area (Å²) < 4.78 is 0. The highest BCUT2D eigenvalue weighted by molar-refractivity contribution is 6.09. The summed E-state index contributed by atoms with van der Waals surface area (Å²) in [6, 6.07) is 31.8. The summed E-state index contributed by atoms with van der Waals surface area (Å²) in [5, 5.41) is 29.4. The van der Waals surface area contributed by atoms with E-state index < -0.39 is 0 Å². The second kappa shape index (κ2) is 10.6. The van der Waals surface area contributed by atoms with Crippen LogP contribution in [0.1, 0.15) is 0 Å². The van der Waals surface area contributed by atoms with Crippen molar-refractivity contribution in [2.45, 2.75) is 6.17 Å². The minimum Gasteiger partial charge on any atom is -0.361 e. The summed E-state index contributed by atoms with van der Waals surface area (Å²) in [6.07, 6.45) is 5.44. The minimum absolute atomic E-state index is 0.102. The predicted molar refractivity (Wildman–Crippen MR) is 162 cm³/mol. The third-order valence-electron chi connectivity index (χ3n) is 6.67. The number of allylic oxidation sites excluding steroid dienone is 2. The Kier molecular flexibility index (Phi) is 6.50. The molecule has 2 N–H and O–H groups in total. The maximum Gasteiger partial charge on any atom is 0.123 e. The molecule has 1 heterocycles. The lowest BCUT2D eigenvalue weighted by Crippen LogP contribution is -2.33. The molecule has 0 aliphatic carbocycles. The number of nitrogens with one attached hydrogen (secondary N) is 2. The van der Waals surface area contributed by atoms with Gasteiger partial charge in [-0.05, 0) is 48.0 Å². The first-order chi connectivity index (χ1) is 19.2. The van der Waals surface area contributed by atoms with Crippen LogP contribution in [-0.4, -0.2) is 6.17 Å². The van der Waals surface area contributed by atoms with Gasteiger partial charge >= 0.3 is 0 Å². The Bertz CT molecular complexity index is 1790. The van der Waals surface area contributed by atoms with E-state index in [9.17, 15) is 0 Å². The van der Waals surface area contributed by atoms with Crippen molar-refractivity contribution in [2.24, 2.45) is 20.5 Å². The van der Waals surface area contributed by atoms with Crippen LogP contribution in [0.3, 0.4) is 0 Å². The maximum atomic E-state index is 4.69. The normalized spacial score (nSPS) is 15.0. The number of hydrogen-bond acceptors (Lipinski definition) is 6. The molecule has 6 nitrogen and oxygen atoms in total. The van der Waals surface area contributed by atoms with Gasteiger partial charge < -0.3 is 10.6 Å². The van der Waals surface area contributed by atoms with Crippen LogP contribution in [0.4, 0.5) is 34.1 Å². The van der Waals surface area contributed by atoms with Gasteiger partial charge in [-0.2, -0.15) is 5.11 Å². The smallest absolute Gasteiger partial charge is 0.123 e. The molecular formula is C33H26N6. The fourth-order valence-electron chi connectivity index (χ4n) is 4.81. The fourth-order valence-corrected chi connectivity index (χ4v) is 4.81. The molecule has 1 unspecified atom stereocenters. The van der Waals surface area contributed by atoms with Crippen LogP contribution < -0.4 is 10.6 Å². The molecule has 0 amide bonds. The Morgan fingerprint density at radius 1 is 0.590 bits per heavy atom. The number of azo groups is 2. The first-order valence-electron chi connectivity index (χ1n) is 12.7. The highest BCUT2D eigenvalue weighted by atomic mass is 15.2. The number of fused-ring (bicyclic) bond motifs is 1. The first kappa shape index (κ1) is 24.0. The van der Waals surface area contributed by atoms with Gasteiger partial charge in [0.05, 0.1) is 22.7 Å². The Hall–Kier alpha value is -5.36. The second-order valence-electron chi connectivity index (χ2n) is 9.07. The number of nitrogens with zero attached hydrogens (tertiary/aromatic N) is 4. The highest BCUT2D eigenvalue weighted by Crippen LogP contribution is 2.41. The van der Waals surface area contributed by atoms with Gasteiger partial charge in [-0.25, -0.2) is 0 Å². The third-order valence-corrected chi connectivity index (χ3v) is 6.67. The van der Waals surface area contributed by atoms with Gasteiger partial charge in [0.2, 0.25) is 0 Å². The standard InChI is InChI=1S/C33H26N6/c1-3-11-22(4-2)33-34-30-17-10-16-26-29(20-21-31(35-33)32(26)30)39-38-28-19-18-27(24-14-8-9-15-25(24)28)37-36-23-12-6-5-7-13-23/h3-21,33-35H,1-2H2/b22-11+,37-36?,39-38?. The zero-order valence-electron chi connectivity index (χ0n) is 21.3. The number of anilines is 2. The molecule has 5 aromatic rings. The average Bonchev–Trinajstić information content (AvgIpc) is 2.99. The molecule has 39 heavy (non-hydrogen) atoms. The van der Waals surface area contributed by atoms with Gasteiger partial charge in [-0.15, -0.1) is 15.3 Å². The zero-order valence-corrected chi connectivity index (χ0v) is 21.3. The lowest BCUT2D eigenvalue weighted by atomic mass is 10.0. The van der Waals surface area contributed by atoms with Crippen molar-refractivity contribution < 1.29 is 0 Å². The molecule has 0 saturated heterocycles. The Labute approximate surface area is 226 Å². The van der Waals surface area contributed by atoms with E-state index in [1.807, 2.05) is 97.1 Å². The largest absolute Gasteiger partial charge is 0.361 e. The van der Waals surface area contributed by atoms with Crippen LogP contribution in [0.2, 0.25) is 0 Å². The lowest BCUT2D eigenvalue weighted by Gasteiger charge is -2.30. The van der Waals surface area contributed by atoms with Gasteiger partial charge in [-0.1, -0.05) is 86.0 Å². The predicted octanol–water partition coefficient (Wildman–Crippen LogP) is 10.3. The third kappa shape index (κ3) is 4.71. The molecule has 5 aromatic carbocycles. The number of benzene rings is 5. The van der Waals surface area contributed by atoms with Gasteiger partial charge in [-0.3, -0.25) is 0 Å². The fraction of sp³-hybridized carbons (Fsp3) is 0.0303. The molecule has 0 fully saturated rings.